The second-order valence-corrected chi connectivity index (χ2v) is 4.80. The van der Waals surface area contributed by atoms with Crippen LogP contribution >= 0.6 is 0 Å². The lowest BCUT2D eigenvalue weighted by molar-refractivity contribution is -0.137. The third-order valence-electron chi connectivity index (χ3n) is 2.79. The maximum atomic E-state index is 11.6. The summed E-state index contributed by atoms with van der Waals surface area (Å²) in [6.07, 6.45) is 4.39. The lowest BCUT2D eigenvalue weighted by Gasteiger charge is -2.16. The molecule has 0 aliphatic heterocycles. The van der Waals surface area contributed by atoms with Crippen molar-refractivity contribution in [1.29, 1.82) is 0 Å². The van der Waals surface area contributed by atoms with Gasteiger partial charge in [-0.25, -0.2) is 4.79 Å². The molecule has 0 aromatic rings. The van der Waals surface area contributed by atoms with Crippen molar-refractivity contribution in [1.82, 2.24) is 10.6 Å². The molecule has 0 saturated carbocycles. The van der Waals surface area contributed by atoms with Crippen LogP contribution in [0.25, 0.3) is 0 Å². The van der Waals surface area contributed by atoms with Gasteiger partial charge in [0.25, 0.3) is 0 Å². The van der Waals surface area contributed by atoms with E-state index in [4.69, 9.17) is 9.84 Å². The molecule has 0 aromatic heterocycles. The Labute approximate surface area is 121 Å². The van der Waals surface area contributed by atoms with Gasteiger partial charge in [0.05, 0.1) is 6.42 Å². The first-order chi connectivity index (χ1) is 9.60. The van der Waals surface area contributed by atoms with Crippen LogP contribution in [0.2, 0.25) is 0 Å². The fourth-order valence-electron chi connectivity index (χ4n) is 1.75. The molecule has 1 atom stereocenters. The van der Waals surface area contributed by atoms with Gasteiger partial charge in [0.2, 0.25) is 0 Å². The number of nitrogens with one attached hydrogen (secondary N) is 2. The Morgan fingerprint density at radius 3 is 2.45 bits per heavy atom. The molecule has 20 heavy (non-hydrogen) atoms. The van der Waals surface area contributed by atoms with Crippen LogP contribution in [0.3, 0.4) is 0 Å². The summed E-state index contributed by atoms with van der Waals surface area (Å²) < 4.78 is 5.38. The van der Waals surface area contributed by atoms with Crippen LogP contribution in [0.4, 0.5) is 4.79 Å². The van der Waals surface area contributed by atoms with Gasteiger partial charge in [-0.2, -0.15) is 0 Å². The van der Waals surface area contributed by atoms with Crippen LogP contribution in [0.1, 0.15) is 52.4 Å². The highest BCUT2D eigenvalue weighted by atomic mass is 16.5. The van der Waals surface area contributed by atoms with Crippen LogP contribution < -0.4 is 10.6 Å². The standard InChI is InChI=1S/C14H28N2O4/c1-3-5-9-20-10-6-8-15-14(19)16-12(7-4-2)11-13(17)18/h12H,3-11H2,1-2H3,(H,17,18)(H2,15,16,19). The summed E-state index contributed by atoms with van der Waals surface area (Å²) in [5.41, 5.74) is 0. The number of carboxylic acids is 1. The summed E-state index contributed by atoms with van der Waals surface area (Å²) in [4.78, 5) is 22.3. The molecule has 6 heteroatoms. The average molecular weight is 288 g/mol. The molecule has 6 nitrogen and oxygen atoms in total. The van der Waals surface area contributed by atoms with Gasteiger partial charge in [-0.3, -0.25) is 4.79 Å². The van der Waals surface area contributed by atoms with Gasteiger partial charge in [-0.05, 0) is 19.3 Å². The molecular formula is C14H28N2O4. The van der Waals surface area contributed by atoms with Gasteiger partial charge < -0.3 is 20.5 Å². The number of ether oxygens (including phenoxy) is 1. The van der Waals surface area contributed by atoms with E-state index >= 15 is 0 Å². The number of carbonyl (C=O) groups excluding carboxylic acids is 1. The van der Waals surface area contributed by atoms with Crippen molar-refractivity contribution in [2.24, 2.45) is 0 Å². The third kappa shape index (κ3) is 11.8. The number of hydrogen-bond donors (Lipinski definition) is 3. The highest BCUT2D eigenvalue weighted by Gasteiger charge is 2.14. The monoisotopic (exact) mass is 288 g/mol. The van der Waals surface area contributed by atoms with Crippen LogP contribution in [-0.4, -0.2) is 42.9 Å². The van der Waals surface area contributed by atoms with Crippen LogP contribution in [0.5, 0.6) is 0 Å². The quantitative estimate of drug-likeness (QED) is 0.480. The highest BCUT2D eigenvalue weighted by molar-refractivity contribution is 5.75. The van der Waals surface area contributed by atoms with Crippen molar-refractivity contribution >= 4 is 12.0 Å². The van der Waals surface area contributed by atoms with E-state index in [9.17, 15) is 9.59 Å². The fourth-order valence-corrected chi connectivity index (χ4v) is 1.75. The minimum absolute atomic E-state index is 0.0403. The molecule has 118 valence electrons. The van der Waals surface area contributed by atoms with E-state index in [0.717, 1.165) is 32.3 Å². The summed E-state index contributed by atoms with van der Waals surface area (Å²) >= 11 is 0. The molecule has 0 aliphatic carbocycles. The van der Waals surface area contributed by atoms with Crippen LogP contribution in [0.15, 0.2) is 0 Å². The number of rotatable bonds is 12. The molecule has 2 amide bonds. The number of aliphatic carboxylic acids is 1. The summed E-state index contributed by atoms with van der Waals surface area (Å²) in [6, 6.07) is -0.614. The highest BCUT2D eigenvalue weighted by Crippen LogP contribution is 2.01. The van der Waals surface area contributed by atoms with Gasteiger partial charge in [-0.1, -0.05) is 26.7 Å². The maximum Gasteiger partial charge on any atom is 0.315 e. The Bertz CT molecular complexity index is 272. The number of unbranched alkanes of at least 4 members (excludes halogenated alkanes) is 1. The van der Waals surface area contributed by atoms with Gasteiger partial charge >= 0.3 is 12.0 Å². The normalized spacial score (nSPS) is 11.9. The third-order valence-corrected chi connectivity index (χ3v) is 2.79. The van der Waals surface area contributed by atoms with E-state index in [1.54, 1.807) is 0 Å². The predicted octanol–water partition coefficient (Wildman–Crippen LogP) is 2.14. The molecule has 0 radical (unpaired) electrons. The van der Waals surface area contributed by atoms with Crippen molar-refractivity contribution < 1.29 is 19.4 Å². The minimum Gasteiger partial charge on any atom is -0.481 e. The zero-order valence-electron chi connectivity index (χ0n) is 12.6. The Kier molecular flexibility index (Phi) is 11.9. The first-order valence-electron chi connectivity index (χ1n) is 7.44. The Hall–Kier alpha value is -1.30. The van der Waals surface area contributed by atoms with Gasteiger partial charge in [0, 0.05) is 25.8 Å². The first-order valence-corrected chi connectivity index (χ1v) is 7.44. The van der Waals surface area contributed by atoms with Crippen molar-refractivity contribution in [2.45, 2.75) is 58.4 Å². The van der Waals surface area contributed by atoms with Crippen LogP contribution in [0, 0.1) is 0 Å². The molecule has 0 fully saturated rings. The van der Waals surface area contributed by atoms with E-state index < -0.39 is 5.97 Å². The average Bonchev–Trinajstić information content (AvgIpc) is 2.37. The topological polar surface area (TPSA) is 87.7 Å². The van der Waals surface area contributed by atoms with E-state index in [1.165, 1.54) is 0 Å². The number of amides is 2. The number of hydrogen-bond acceptors (Lipinski definition) is 3. The van der Waals surface area contributed by atoms with E-state index in [0.29, 0.717) is 19.6 Å². The molecule has 0 saturated heterocycles. The Morgan fingerprint density at radius 1 is 1.15 bits per heavy atom. The lowest BCUT2D eigenvalue weighted by Crippen LogP contribution is -2.43. The smallest absolute Gasteiger partial charge is 0.315 e. The molecule has 1 unspecified atom stereocenters. The largest absolute Gasteiger partial charge is 0.481 e. The number of urea groups is 1. The Morgan fingerprint density at radius 2 is 1.85 bits per heavy atom. The molecule has 0 bridgehead atoms. The second kappa shape index (κ2) is 12.7. The van der Waals surface area contributed by atoms with Crippen LogP contribution in [-0.2, 0) is 9.53 Å². The summed E-state index contributed by atoms with van der Waals surface area (Å²) in [6.45, 7) is 6.00. The van der Waals surface area contributed by atoms with Crippen molar-refractivity contribution in [3.8, 4) is 0 Å². The SMILES string of the molecule is CCCCOCCCNC(=O)NC(CCC)CC(=O)O. The maximum absolute atomic E-state index is 11.6. The fraction of sp³-hybridized carbons (Fsp3) is 0.857. The summed E-state index contributed by atoms with van der Waals surface area (Å²) in [5.74, 6) is -0.895. The van der Waals surface area contributed by atoms with Crippen molar-refractivity contribution in [3.05, 3.63) is 0 Å². The minimum atomic E-state index is -0.895. The zero-order valence-corrected chi connectivity index (χ0v) is 12.6. The van der Waals surface area contributed by atoms with E-state index in [-0.39, 0.29) is 18.5 Å². The van der Waals surface area contributed by atoms with Gasteiger partial charge in [0.15, 0.2) is 0 Å². The second-order valence-electron chi connectivity index (χ2n) is 4.80. The Balaban J connectivity index is 3.66. The molecule has 3 N–H and O–H groups in total. The molecule has 0 aromatic carbocycles. The lowest BCUT2D eigenvalue weighted by atomic mass is 10.1. The number of carbonyl (C=O) groups is 2. The molecule has 0 spiro atoms. The molecule has 0 heterocycles. The predicted molar refractivity (Wildman–Crippen MR) is 77.8 cm³/mol. The van der Waals surface area contributed by atoms with Gasteiger partial charge in [-0.15, -0.1) is 0 Å². The van der Waals surface area contributed by atoms with Crippen molar-refractivity contribution in [2.75, 3.05) is 19.8 Å². The summed E-state index contributed by atoms with van der Waals surface area (Å²) in [7, 11) is 0. The molecule has 0 rings (SSSR count). The first kappa shape index (κ1) is 18.7. The zero-order chi connectivity index (χ0) is 15.2. The molecule has 0 aliphatic rings. The number of carboxylic acid groups (broad SMARTS) is 1. The van der Waals surface area contributed by atoms with E-state index in [2.05, 4.69) is 17.6 Å². The summed E-state index contributed by atoms with van der Waals surface area (Å²) in [5, 5.41) is 14.2. The molecular weight excluding hydrogens is 260 g/mol. The van der Waals surface area contributed by atoms with E-state index in [1.807, 2.05) is 6.92 Å². The van der Waals surface area contributed by atoms with Gasteiger partial charge in [0.1, 0.15) is 0 Å². The van der Waals surface area contributed by atoms with Crippen molar-refractivity contribution in [3.63, 3.8) is 0 Å².